The second kappa shape index (κ2) is 7.25. The largest absolute Gasteiger partial charge is 0.395 e. The van der Waals surface area contributed by atoms with Gasteiger partial charge in [0.25, 0.3) is 0 Å². The van der Waals surface area contributed by atoms with E-state index in [1.165, 1.54) is 5.56 Å². The van der Waals surface area contributed by atoms with Gasteiger partial charge in [0.15, 0.2) is 0 Å². The first-order valence-corrected chi connectivity index (χ1v) is 6.71. The molecule has 3 atom stereocenters. The van der Waals surface area contributed by atoms with Crippen molar-refractivity contribution in [2.45, 2.75) is 31.5 Å². The van der Waals surface area contributed by atoms with Gasteiger partial charge in [-0.15, -0.1) is 0 Å². The SMILES string of the molecule is N#CC(CO)C1CCC(COCc2ccccc2)N1. The number of ether oxygens (including phenoxy) is 1. The number of nitrogens with zero attached hydrogens (tertiary/aromatic N) is 1. The van der Waals surface area contributed by atoms with Crippen LogP contribution in [0.4, 0.5) is 0 Å². The summed E-state index contributed by atoms with van der Waals surface area (Å²) in [6, 6.07) is 12.6. The van der Waals surface area contributed by atoms with E-state index >= 15 is 0 Å². The molecule has 1 heterocycles. The lowest BCUT2D eigenvalue weighted by atomic mass is 10.0. The Labute approximate surface area is 114 Å². The first-order chi connectivity index (χ1) is 9.33. The molecule has 4 nitrogen and oxygen atoms in total. The third-order valence-corrected chi connectivity index (χ3v) is 3.55. The Morgan fingerprint density at radius 2 is 2.16 bits per heavy atom. The van der Waals surface area contributed by atoms with Gasteiger partial charge in [0, 0.05) is 12.1 Å². The number of benzene rings is 1. The molecule has 0 saturated carbocycles. The maximum atomic E-state index is 9.10. The highest BCUT2D eigenvalue weighted by molar-refractivity contribution is 5.13. The molecule has 0 radical (unpaired) electrons. The molecule has 0 spiro atoms. The summed E-state index contributed by atoms with van der Waals surface area (Å²) in [6.07, 6.45) is 1.93. The minimum atomic E-state index is -0.306. The van der Waals surface area contributed by atoms with Crippen LogP contribution in [-0.4, -0.2) is 30.4 Å². The molecule has 2 rings (SSSR count). The van der Waals surface area contributed by atoms with Crippen LogP contribution in [0.5, 0.6) is 0 Å². The van der Waals surface area contributed by atoms with Crippen molar-refractivity contribution in [2.24, 2.45) is 5.92 Å². The van der Waals surface area contributed by atoms with Crippen molar-refractivity contribution in [3.8, 4) is 6.07 Å². The summed E-state index contributed by atoms with van der Waals surface area (Å²) < 4.78 is 5.69. The lowest BCUT2D eigenvalue weighted by molar-refractivity contribution is 0.101. The summed E-state index contributed by atoms with van der Waals surface area (Å²) in [6.45, 7) is 1.19. The molecule has 0 aliphatic carbocycles. The fraction of sp³-hybridized carbons (Fsp3) is 0.533. The summed E-state index contributed by atoms with van der Waals surface area (Å²) in [7, 11) is 0. The van der Waals surface area contributed by atoms with E-state index in [9.17, 15) is 0 Å². The maximum Gasteiger partial charge on any atom is 0.0847 e. The molecule has 1 aromatic rings. The van der Waals surface area contributed by atoms with Gasteiger partial charge in [-0.25, -0.2) is 0 Å². The van der Waals surface area contributed by atoms with E-state index in [1.807, 2.05) is 30.3 Å². The van der Waals surface area contributed by atoms with E-state index < -0.39 is 0 Å². The second-order valence-electron chi connectivity index (χ2n) is 4.97. The zero-order valence-electron chi connectivity index (χ0n) is 11.0. The quantitative estimate of drug-likeness (QED) is 0.812. The van der Waals surface area contributed by atoms with Gasteiger partial charge in [-0.2, -0.15) is 5.26 Å². The molecule has 1 fully saturated rings. The number of hydrogen-bond acceptors (Lipinski definition) is 4. The van der Waals surface area contributed by atoms with Crippen LogP contribution in [0.2, 0.25) is 0 Å². The topological polar surface area (TPSA) is 65.3 Å². The molecular formula is C15H20N2O2. The molecule has 1 saturated heterocycles. The van der Waals surface area contributed by atoms with Crippen molar-refractivity contribution in [1.82, 2.24) is 5.32 Å². The normalized spacial score (nSPS) is 24.0. The molecule has 19 heavy (non-hydrogen) atoms. The average molecular weight is 260 g/mol. The zero-order chi connectivity index (χ0) is 13.5. The van der Waals surface area contributed by atoms with Gasteiger partial charge < -0.3 is 15.2 Å². The number of nitrogens with one attached hydrogen (secondary N) is 1. The van der Waals surface area contributed by atoms with E-state index in [2.05, 4.69) is 11.4 Å². The van der Waals surface area contributed by atoms with E-state index in [1.54, 1.807) is 0 Å². The molecule has 4 heteroatoms. The van der Waals surface area contributed by atoms with E-state index in [0.717, 1.165) is 12.8 Å². The second-order valence-corrected chi connectivity index (χ2v) is 4.97. The van der Waals surface area contributed by atoms with Gasteiger partial charge in [0.2, 0.25) is 0 Å². The minimum absolute atomic E-state index is 0.0776. The lowest BCUT2D eigenvalue weighted by Gasteiger charge is -2.17. The first kappa shape index (κ1) is 14.0. The minimum Gasteiger partial charge on any atom is -0.395 e. The fourth-order valence-electron chi connectivity index (χ4n) is 2.45. The lowest BCUT2D eigenvalue weighted by Crippen LogP contribution is -2.38. The van der Waals surface area contributed by atoms with Gasteiger partial charge in [-0.1, -0.05) is 30.3 Å². The highest BCUT2D eigenvalue weighted by Gasteiger charge is 2.29. The third kappa shape index (κ3) is 4.03. The van der Waals surface area contributed by atoms with Crippen LogP contribution in [0.3, 0.4) is 0 Å². The molecule has 0 aromatic heterocycles. The average Bonchev–Trinajstić information content (AvgIpc) is 2.90. The van der Waals surface area contributed by atoms with E-state index in [4.69, 9.17) is 15.1 Å². The Bertz CT molecular complexity index is 416. The Balaban J connectivity index is 1.70. The summed E-state index contributed by atoms with van der Waals surface area (Å²) in [4.78, 5) is 0. The number of hydrogen-bond donors (Lipinski definition) is 2. The molecule has 3 unspecified atom stereocenters. The van der Waals surface area contributed by atoms with Crippen molar-refractivity contribution >= 4 is 0 Å². The third-order valence-electron chi connectivity index (χ3n) is 3.55. The summed E-state index contributed by atoms with van der Waals surface area (Å²) >= 11 is 0. The Kier molecular flexibility index (Phi) is 5.34. The highest BCUT2D eigenvalue weighted by Crippen LogP contribution is 2.19. The van der Waals surface area contributed by atoms with Crippen LogP contribution in [-0.2, 0) is 11.3 Å². The molecule has 0 bridgehead atoms. The Morgan fingerprint density at radius 3 is 2.84 bits per heavy atom. The molecule has 1 aliphatic heterocycles. The number of rotatable bonds is 6. The molecule has 1 aromatic carbocycles. The van der Waals surface area contributed by atoms with Crippen molar-refractivity contribution in [1.29, 1.82) is 5.26 Å². The van der Waals surface area contributed by atoms with Gasteiger partial charge >= 0.3 is 0 Å². The standard InChI is InChI=1S/C15H20N2O2/c16-8-13(9-18)15-7-6-14(17-15)11-19-10-12-4-2-1-3-5-12/h1-5,13-15,17-18H,6-7,9-11H2. The van der Waals surface area contributed by atoms with Crippen LogP contribution < -0.4 is 5.32 Å². The van der Waals surface area contributed by atoms with E-state index in [0.29, 0.717) is 13.2 Å². The van der Waals surface area contributed by atoms with Gasteiger partial charge in [0.05, 0.1) is 31.8 Å². The number of aliphatic hydroxyl groups excluding tert-OH is 1. The fourth-order valence-corrected chi connectivity index (χ4v) is 2.45. The summed E-state index contributed by atoms with van der Waals surface area (Å²) in [5.74, 6) is -0.306. The monoisotopic (exact) mass is 260 g/mol. The van der Waals surface area contributed by atoms with Crippen molar-refractivity contribution in [3.05, 3.63) is 35.9 Å². The smallest absolute Gasteiger partial charge is 0.0847 e. The van der Waals surface area contributed by atoms with Gasteiger partial charge in [-0.05, 0) is 18.4 Å². The number of aliphatic hydroxyl groups is 1. The van der Waals surface area contributed by atoms with Crippen LogP contribution in [0.25, 0.3) is 0 Å². The first-order valence-electron chi connectivity index (χ1n) is 6.71. The Morgan fingerprint density at radius 1 is 1.37 bits per heavy atom. The van der Waals surface area contributed by atoms with Gasteiger partial charge in [-0.3, -0.25) is 0 Å². The molecule has 1 aliphatic rings. The van der Waals surface area contributed by atoms with Crippen molar-refractivity contribution in [3.63, 3.8) is 0 Å². The van der Waals surface area contributed by atoms with E-state index in [-0.39, 0.29) is 24.6 Å². The molecule has 102 valence electrons. The van der Waals surface area contributed by atoms with Gasteiger partial charge in [0.1, 0.15) is 0 Å². The zero-order valence-corrected chi connectivity index (χ0v) is 11.0. The van der Waals surface area contributed by atoms with Crippen LogP contribution in [0, 0.1) is 17.2 Å². The van der Waals surface area contributed by atoms with Crippen LogP contribution in [0.1, 0.15) is 18.4 Å². The van der Waals surface area contributed by atoms with Crippen LogP contribution in [0.15, 0.2) is 30.3 Å². The van der Waals surface area contributed by atoms with Crippen molar-refractivity contribution < 1.29 is 9.84 Å². The maximum absolute atomic E-state index is 9.10. The molecule has 0 amide bonds. The summed E-state index contributed by atoms with van der Waals surface area (Å²) in [5, 5.41) is 21.4. The predicted molar refractivity (Wildman–Crippen MR) is 72.2 cm³/mol. The molecule has 2 N–H and O–H groups in total. The summed E-state index contributed by atoms with van der Waals surface area (Å²) in [5.41, 5.74) is 1.17. The van der Waals surface area contributed by atoms with Crippen molar-refractivity contribution in [2.75, 3.05) is 13.2 Å². The Hall–Kier alpha value is -1.41. The highest BCUT2D eigenvalue weighted by atomic mass is 16.5. The predicted octanol–water partition coefficient (Wildman–Crippen LogP) is 1.46. The molecular weight excluding hydrogens is 240 g/mol. The van der Waals surface area contributed by atoms with Crippen LogP contribution >= 0.6 is 0 Å². The number of nitriles is 1.